The van der Waals surface area contributed by atoms with E-state index in [9.17, 15) is 10.1 Å². The van der Waals surface area contributed by atoms with Gasteiger partial charge in [0.25, 0.3) is 4.96 Å². The number of nitrogens with one attached hydrogen (secondary N) is 1. The molecule has 0 aromatic carbocycles. The van der Waals surface area contributed by atoms with E-state index in [0.717, 1.165) is 6.42 Å². The maximum atomic E-state index is 10.9. The van der Waals surface area contributed by atoms with Crippen molar-refractivity contribution in [1.29, 1.82) is 0 Å². The highest BCUT2D eigenvalue weighted by Gasteiger charge is 2.22. The summed E-state index contributed by atoms with van der Waals surface area (Å²) < 4.78 is 1.47. The fourth-order valence-electron chi connectivity index (χ4n) is 1.36. The van der Waals surface area contributed by atoms with Crippen molar-refractivity contribution in [2.75, 3.05) is 11.9 Å². The van der Waals surface area contributed by atoms with E-state index in [0.29, 0.717) is 17.3 Å². The maximum absolute atomic E-state index is 10.9. The van der Waals surface area contributed by atoms with Gasteiger partial charge in [-0.25, -0.2) is 0 Å². The van der Waals surface area contributed by atoms with Gasteiger partial charge in [-0.1, -0.05) is 17.4 Å². The first-order valence-corrected chi connectivity index (χ1v) is 5.56. The fourth-order valence-corrected chi connectivity index (χ4v) is 2.07. The summed E-state index contributed by atoms with van der Waals surface area (Å²) in [5, 5.41) is 15.6. The number of nitrogens with zero attached hydrogens (tertiary/aromatic N) is 3. The van der Waals surface area contributed by atoms with Gasteiger partial charge in [0.1, 0.15) is 6.20 Å². The number of hydrogen-bond acceptors (Lipinski definition) is 5. The number of fused-ring (bicyclic) bond motifs is 1. The van der Waals surface area contributed by atoms with Gasteiger partial charge < -0.3 is 15.4 Å². The Balaban J connectivity index is 2.35. The molecule has 0 bridgehead atoms. The molecule has 0 saturated heterocycles. The summed E-state index contributed by atoms with van der Waals surface area (Å²) in [6, 6.07) is 0. The Kier molecular flexibility index (Phi) is 2.86. The molecule has 0 aliphatic heterocycles. The normalized spacial score (nSPS) is 10.5. The van der Waals surface area contributed by atoms with Crippen molar-refractivity contribution in [3.05, 3.63) is 34.3 Å². The second-order valence-corrected chi connectivity index (χ2v) is 3.97. The summed E-state index contributed by atoms with van der Waals surface area (Å²) in [5.74, 6) is 0.305. The van der Waals surface area contributed by atoms with Gasteiger partial charge in [-0.05, 0) is 11.3 Å². The van der Waals surface area contributed by atoms with Crippen LogP contribution in [0.2, 0.25) is 0 Å². The Morgan fingerprint density at radius 3 is 3.25 bits per heavy atom. The maximum Gasteiger partial charge on any atom is 0.372 e. The second kappa shape index (κ2) is 4.31. The van der Waals surface area contributed by atoms with Gasteiger partial charge in [0, 0.05) is 11.9 Å². The molecule has 2 aromatic heterocycles. The molecule has 0 atom stereocenters. The average Bonchev–Trinajstić information content (AvgIpc) is 2.76. The first-order chi connectivity index (χ1) is 7.74. The van der Waals surface area contributed by atoms with Crippen molar-refractivity contribution in [3.8, 4) is 0 Å². The first-order valence-electron chi connectivity index (χ1n) is 4.68. The van der Waals surface area contributed by atoms with Gasteiger partial charge in [0.15, 0.2) is 0 Å². The van der Waals surface area contributed by atoms with Gasteiger partial charge in [-0.3, -0.25) is 0 Å². The van der Waals surface area contributed by atoms with E-state index in [1.807, 2.05) is 0 Å². The second-order valence-electron chi connectivity index (χ2n) is 3.10. The van der Waals surface area contributed by atoms with Crippen molar-refractivity contribution < 1.29 is 4.92 Å². The molecule has 16 heavy (non-hydrogen) atoms. The Morgan fingerprint density at radius 1 is 1.75 bits per heavy atom. The van der Waals surface area contributed by atoms with Crippen LogP contribution in [-0.2, 0) is 0 Å². The highest BCUT2D eigenvalue weighted by Crippen LogP contribution is 2.27. The van der Waals surface area contributed by atoms with Gasteiger partial charge in [0.05, 0.1) is 0 Å². The fraction of sp³-hybridized carbons (Fsp3) is 0.222. The molecular formula is C9H10N4O2S. The lowest BCUT2D eigenvalue weighted by Crippen LogP contribution is -2.03. The number of rotatable bonds is 5. The van der Waals surface area contributed by atoms with Crippen LogP contribution in [0.3, 0.4) is 0 Å². The first kappa shape index (κ1) is 10.6. The van der Waals surface area contributed by atoms with Gasteiger partial charge in [-0.15, -0.1) is 6.58 Å². The van der Waals surface area contributed by atoms with Crippen LogP contribution in [0.5, 0.6) is 0 Å². The zero-order chi connectivity index (χ0) is 11.5. The Labute approximate surface area is 95.4 Å². The van der Waals surface area contributed by atoms with Gasteiger partial charge in [-0.2, -0.15) is 9.38 Å². The summed E-state index contributed by atoms with van der Waals surface area (Å²) in [6.07, 6.45) is 4.13. The molecule has 0 fully saturated rings. The smallest absolute Gasteiger partial charge is 0.363 e. The molecule has 1 N–H and O–H groups in total. The number of anilines is 1. The van der Waals surface area contributed by atoms with Gasteiger partial charge in [0.2, 0.25) is 5.82 Å². The molecule has 6 nitrogen and oxygen atoms in total. The molecule has 0 radical (unpaired) electrons. The van der Waals surface area contributed by atoms with E-state index < -0.39 is 4.92 Å². The molecule has 0 unspecified atom stereocenters. The van der Waals surface area contributed by atoms with Crippen molar-refractivity contribution in [2.24, 2.45) is 0 Å². The highest BCUT2D eigenvalue weighted by molar-refractivity contribution is 7.15. The van der Waals surface area contributed by atoms with E-state index in [2.05, 4.69) is 16.9 Å². The van der Waals surface area contributed by atoms with Gasteiger partial charge >= 0.3 is 5.82 Å². The molecule has 0 spiro atoms. The Bertz CT molecular complexity index is 531. The number of nitro groups is 1. The van der Waals surface area contributed by atoms with Crippen molar-refractivity contribution in [1.82, 2.24) is 9.38 Å². The molecule has 0 aliphatic carbocycles. The highest BCUT2D eigenvalue weighted by atomic mass is 32.1. The Morgan fingerprint density at radius 2 is 2.56 bits per heavy atom. The minimum atomic E-state index is -0.428. The van der Waals surface area contributed by atoms with Crippen LogP contribution in [-0.4, -0.2) is 20.9 Å². The SMILES string of the molecule is C=CCCNc1nc2sccn2c1[N+](=O)[O-]. The quantitative estimate of drug-likeness (QED) is 0.375. The van der Waals surface area contributed by atoms with Crippen LogP contribution in [0.25, 0.3) is 4.96 Å². The molecule has 0 aliphatic rings. The third-order valence-corrected chi connectivity index (χ3v) is 2.81. The standard InChI is InChI=1S/C9H10N4O2S/c1-2-3-4-10-7-8(13(14)15)12-5-6-16-9(12)11-7/h2,5-6,10H,1,3-4H2. The monoisotopic (exact) mass is 238 g/mol. The summed E-state index contributed by atoms with van der Waals surface area (Å²) >= 11 is 1.37. The van der Waals surface area contributed by atoms with E-state index >= 15 is 0 Å². The lowest BCUT2D eigenvalue weighted by molar-refractivity contribution is -0.389. The molecule has 2 rings (SSSR count). The van der Waals surface area contributed by atoms with Crippen molar-refractivity contribution >= 4 is 27.9 Å². The zero-order valence-corrected chi connectivity index (χ0v) is 9.24. The lowest BCUT2D eigenvalue weighted by atomic mass is 10.4. The molecule has 7 heteroatoms. The molecule has 84 valence electrons. The molecular weight excluding hydrogens is 228 g/mol. The van der Waals surface area contributed by atoms with Crippen molar-refractivity contribution in [2.45, 2.75) is 6.42 Å². The summed E-state index contributed by atoms with van der Waals surface area (Å²) in [5.41, 5.74) is 0. The lowest BCUT2D eigenvalue weighted by Gasteiger charge is -2.00. The predicted octanol–water partition coefficient (Wildman–Crippen LogP) is 2.29. The van der Waals surface area contributed by atoms with E-state index in [-0.39, 0.29) is 5.82 Å². The molecule has 0 amide bonds. The van der Waals surface area contributed by atoms with E-state index in [1.165, 1.54) is 15.7 Å². The van der Waals surface area contributed by atoms with Crippen LogP contribution >= 0.6 is 11.3 Å². The largest absolute Gasteiger partial charge is 0.372 e. The zero-order valence-electron chi connectivity index (χ0n) is 8.42. The number of thiazole rings is 1. The van der Waals surface area contributed by atoms with Crippen LogP contribution in [0.1, 0.15) is 6.42 Å². The Hall–Kier alpha value is -1.89. The minimum Gasteiger partial charge on any atom is -0.363 e. The topological polar surface area (TPSA) is 72.5 Å². The van der Waals surface area contributed by atoms with E-state index in [4.69, 9.17) is 0 Å². The summed E-state index contributed by atoms with van der Waals surface area (Å²) in [6.45, 7) is 4.18. The summed E-state index contributed by atoms with van der Waals surface area (Å²) in [7, 11) is 0. The third kappa shape index (κ3) is 1.76. The number of aromatic nitrogens is 2. The van der Waals surface area contributed by atoms with Crippen molar-refractivity contribution in [3.63, 3.8) is 0 Å². The summed E-state index contributed by atoms with van der Waals surface area (Å²) in [4.78, 5) is 15.3. The molecule has 2 aromatic rings. The van der Waals surface area contributed by atoms with E-state index in [1.54, 1.807) is 17.7 Å². The average molecular weight is 238 g/mol. The molecule has 0 saturated carbocycles. The predicted molar refractivity (Wildman–Crippen MR) is 63.0 cm³/mol. The van der Waals surface area contributed by atoms with Crippen LogP contribution < -0.4 is 5.32 Å². The van der Waals surface area contributed by atoms with Crippen LogP contribution in [0, 0.1) is 10.1 Å². The number of hydrogen-bond donors (Lipinski definition) is 1. The van der Waals surface area contributed by atoms with Crippen LogP contribution in [0.15, 0.2) is 24.2 Å². The van der Waals surface area contributed by atoms with Crippen LogP contribution in [0.4, 0.5) is 11.6 Å². The molecule has 2 heterocycles. The third-order valence-electron chi connectivity index (χ3n) is 2.05. The minimum absolute atomic E-state index is 0.0136. The number of imidazole rings is 1.